The molecule has 3 rings (SSSR count). The lowest BCUT2D eigenvalue weighted by Gasteiger charge is -2.26. The molecule has 2 aromatic carbocycles. The SMILES string of the molecule is CCOc1ccc(/C=C2\C(=O)NC(=O)N(c3ccc(Cl)c(Cl)c3)C2=O)cc1OC. The average molecular weight is 435 g/mol. The molecule has 0 atom stereocenters. The Morgan fingerprint density at radius 1 is 1.03 bits per heavy atom. The minimum atomic E-state index is -0.875. The summed E-state index contributed by atoms with van der Waals surface area (Å²) in [6.45, 7) is 2.30. The molecule has 1 N–H and O–H groups in total. The maximum absolute atomic E-state index is 12.9. The predicted octanol–water partition coefficient (Wildman–Crippen LogP) is 4.07. The van der Waals surface area contributed by atoms with Crippen molar-refractivity contribution in [2.75, 3.05) is 18.6 Å². The first-order chi connectivity index (χ1) is 13.8. The van der Waals surface area contributed by atoms with Crippen LogP contribution in [0.25, 0.3) is 6.08 Å². The third-order valence-corrected chi connectivity index (χ3v) is 4.80. The Kier molecular flexibility index (Phi) is 6.10. The standard InChI is InChI=1S/C20H16Cl2N2O5/c1-3-29-16-7-4-11(9-17(16)28-2)8-13-18(25)23-20(27)24(19(13)26)12-5-6-14(21)15(22)10-12/h4-10H,3H2,1-2H3,(H,23,25,27)/b13-8+. The van der Waals surface area contributed by atoms with Gasteiger partial charge in [0.1, 0.15) is 5.57 Å². The highest BCUT2D eigenvalue weighted by atomic mass is 35.5. The number of rotatable bonds is 5. The predicted molar refractivity (Wildman–Crippen MR) is 110 cm³/mol. The molecule has 1 heterocycles. The van der Waals surface area contributed by atoms with Crippen molar-refractivity contribution >= 4 is 52.8 Å². The van der Waals surface area contributed by atoms with Gasteiger partial charge in [0.15, 0.2) is 11.5 Å². The number of nitrogens with one attached hydrogen (secondary N) is 1. The smallest absolute Gasteiger partial charge is 0.335 e. The highest BCUT2D eigenvalue weighted by molar-refractivity contribution is 6.43. The minimum Gasteiger partial charge on any atom is -0.493 e. The summed E-state index contributed by atoms with van der Waals surface area (Å²) in [5.41, 5.74) is 0.485. The molecule has 1 fully saturated rings. The molecule has 0 radical (unpaired) electrons. The van der Waals surface area contributed by atoms with Crippen LogP contribution in [0.1, 0.15) is 12.5 Å². The van der Waals surface area contributed by atoms with Gasteiger partial charge in [-0.1, -0.05) is 29.3 Å². The van der Waals surface area contributed by atoms with Gasteiger partial charge in [0.25, 0.3) is 11.8 Å². The van der Waals surface area contributed by atoms with E-state index in [1.807, 2.05) is 6.92 Å². The van der Waals surface area contributed by atoms with Gasteiger partial charge in [-0.2, -0.15) is 0 Å². The third kappa shape index (κ3) is 4.21. The second kappa shape index (κ2) is 8.55. The van der Waals surface area contributed by atoms with Crippen LogP contribution in [0.5, 0.6) is 11.5 Å². The number of hydrogen-bond acceptors (Lipinski definition) is 5. The Hall–Kier alpha value is -3.03. The summed E-state index contributed by atoms with van der Waals surface area (Å²) in [6, 6.07) is 8.37. The van der Waals surface area contributed by atoms with Crippen LogP contribution >= 0.6 is 23.2 Å². The van der Waals surface area contributed by atoms with E-state index < -0.39 is 17.8 Å². The van der Waals surface area contributed by atoms with Crippen molar-refractivity contribution in [1.82, 2.24) is 5.32 Å². The number of benzene rings is 2. The first-order valence-electron chi connectivity index (χ1n) is 8.53. The van der Waals surface area contributed by atoms with Crippen LogP contribution in [-0.4, -0.2) is 31.6 Å². The molecule has 0 aromatic heterocycles. The largest absolute Gasteiger partial charge is 0.493 e. The number of hydrogen-bond donors (Lipinski definition) is 1. The summed E-state index contributed by atoms with van der Waals surface area (Å²) in [4.78, 5) is 38.3. The molecular formula is C20H16Cl2N2O5. The molecule has 2 aromatic rings. The van der Waals surface area contributed by atoms with Gasteiger partial charge in [0.05, 0.1) is 29.4 Å². The summed E-state index contributed by atoms with van der Waals surface area (Å²) in [6.07, 6.45) is 1.37. The number of carbonyl (C=O) groups excluding carboxylic acids is 3. The second-order valence-corrected chi connectivity index (χ2v) is 6.71. The van der Waals surface area contributed by atoms with Crippen LogP contribution in [-0.2, 0) is 9.59 Å². The van der Waals surface area contributed by atoms with Gasteiger partial charge in [-0.3, -0.25) is 14.9 Å². The van der Waals surface area contributed by atoms with E-state index in [1.165, 1.54) is 31.4 Å². The lowest BCUT2D eigenvalue weighted by atomic mass is 10.1. The molecule has 4 amide bonds. The van der Waals surface area contributed by atoms with Gasteiger partial charge in [0.2, 0.25) is 0 Å². The van der Waals surface area contributed by atoms with Gasteiger partial charge in [-0.05, 0) is 48.9 Å². The molecule has 0 unspecified atom stereocenters. The molecule has 0 saturated carbocycles. The van der Waals surface area contributed by atoms with Gasteiger partial charge >= 0.3 is 6.03 Å². The Morgan fingerprint density at radius 2 is 1.79 bits per heavy atom. The first-order valence-corrected chi connectivity index (χ1v) is 9.28. The lowest BCUT2D eigenvalue weighted by molar-refractivity contribution is -0.122. The van der Waals surface area contributed by atoms with Crippen LogP contribution < -0.4 is 19.7 Å². The topological polar surface area (TPSA) is 84.9 Å². The van der Waals surface area contributed by atoms with Gasteiger partial charge in [-0.15, -0.1) is 0 Å². The second-order valence-electron chi connectivity index (χ2n) is 5.90. The number of anilines is 1. The Balaban J connectivity index is 2.00. The zero-order valence-corrected chi connectivity index (χ0v) is 17.0. The Bertz CT molecular complexity index is 1040. The van der Waals surface area contributed by atoms with Crippen LogP contribution in [0.4, 0.5) is 10.5 Å². The fourth-order valence-corrected chi connectivity index (χ4v) is 3.02. The zero-order chi connectivity index (χ0) is 21.1. The van der Waals surface area contributed by atoms with Crippen LogP contribution in [0.2, 0.25) is 10.0 Å². The highest BCUT2D eigenvalue weighted by Crippen LogP contribution is 2.31. The van der Waals surface area contributed by atoms with Gasteiger partial charge in [0, 0.05) is 0 Å². The molecule has 9 heteroatoms. The van der Waals surface area contributed by atoms with E-state index in [0.29, 0.717) is 23.7 Å². The molecule has 1 aliphatic heterocycles. The Labute approximate surface area is 176 Å². The fourth-order valence-electron chi connectivity index (χ4n) is 2.73. The number of halogens is 2. The number of imide groups is 2. The van der Waals surface area contributed by atoms with E-state index in [0.717, 1.165) is 4.90 Å². The van der Waals surface area contributed by atoms with E-state index in [-0.39, 0.29) is 21.3 Å². The van der Waals surface area contributed by atoms with Crippen LogP contribution in [0.15, 0.2) is 42.0 Å². The summed E-state index contributed by atoms with van der Waals surface area (Å²) in [7, 11) is 1.48. The first kappa shape index (κ1) is 20.7. The number of ether oxygens (including phenoxy) is 2. The number of barbiturate groups is 1. The van der Waals surface area contributed by atoms with Crippen molar-refractivity contribution in [3.05, 3.63) is 57.6 Å². The molecule has 1 saturated heterocycles. The molecule has 7 nitrogen and oxygen atoms in total. The number of carbonyl (C=O) groups is 3. The maximum Gasteiger partial charge on any atom is 0.335 e. The third-order valence-electron chi connectivity index (χ3n) is 4.06. The lowest BCUT2D eigenvalue weighted by Crippen LogP contribution is -2.54. The molecule has 0 spiro atoms. The number of methoxy groups -OCH3 is 1. The molecule has 1 aliphatic rings. The minimum absolute atomic E-state index is 0.170. The van der Waals surface area contributed by atoms with Crippen molar-refractivity contribution in [1.29, 1.82) is 0 Å². The quantitative estimate of drug-likeness (QED) is 0.566. The molecule has 0 bridgehead atoms. The van der Waals surface area contributed by atoms with E-state index in [2.05, 4.69) is 5.32 Å². The molecule has 0 aliphatic carbocycles. The van der Waals surface area contributed by atoms with Crippen LogP contribution in [0, 0.1) is 0 Å². The van der Waals surface area contributed by atoms with E-state index in [9.17, 15) is 14.4 Å². The summed E-state index contributed by atoms with van der Waals surface area (Å²) in [5.74, 6) is -0.611. The number of nitrogens with zero attached hydrogens (tertiary/aromatic N) is 1. The summed E-state index contributed by atoms with van der Waals surface area (Å²) >= 11 is 11.9. The molecule has 29 heavy (non-hydrogen) atoms. The van der Waals surface area contributed by atoms with Crippen molar-refractivity contribution in [2.24, 2.45) is 0 Å². The Morgan fingerprint density at radius 3 is 2.45 bits per heavy atom. The summed E-state index contributed by atoms with van der Waals surface area (Å²) < 4.78 is 10.7. The van der Waals surface area contributed by atoms with Crippen LogP contribution in [0.3, 0.4) is 0 Å². The van der Waals surface area contributed by atoms with Gasteiger partial charge < -0.3 is 9.47 Å². The van der Waals surface area contributed by atoms with E-state index >= 15 is 0 Å². The molecular weight excluding hydrogens is 419 g/mol. The average Bonchev–Trinajstić information content (AvgIpc) is 2.69. The van der Waals surface area contributed by atoms with Crippen molar-refractivity contribution in [2.45, 2.75) is 6.92 Å². The number of amides is 4. The van der Waals surface area contributed by atoms with E-state index in [1.54, 1.807) is 18.2 Å². The number of urea groups is 1. The maximum atomic E-state index is 12.9. The zero-order valence-electron chi connectivity index (χ0n) is 15.5. The summed E-state index contributed by atoms with van der Waals surface area (Å²) in [5, 5.41) is 2.59. The monoisotopic (exact) mass is 434 g/mol. The normalized spacial score (nSPS) is 15.5. The molecule has 150 valence electrons. The van der Waals surface area contributed by atoms with Crippen molar-refractivity contribution < 1.29 is 23.9 Å². The van der Waals surface area contributed by atoms with Crippen molar-refractivity contribution in [3.63, 3.8) is 0 Å². The highest BCUT2D eigenvalue weighted by Gasteiger charge is 2.37. The van der Waals surface area contributed by atoms with E-state index in [4.69, 9.17) is 32.7 Å². The fraction of sp³-hybridized carbons (Fsp3) is 0.150. The van der Waals surface area contributed by atoms with Crippen molar-refractivity contribution in [3.8, 4) is 11.5 Å². The van der Waals surface area contributed by atoms with Gasteiger partial charge in [-0.25, -0.2) is 9.69 Å².